The number of carbonyl (C=O) groups excluding carboxylic acids is 4. The van der Waals surface area contributed by atoms with Gasteiger partial charge in [0.05, 0.1) is 24.2 Å². The predicted molar refractivity (Wildman–Crippen MR) is 146 cm³/mol. The lowest BCUT2D eigenvalue weighted by Crippen LogP contribution is -2.36. The fourth-order valence-electron chi connectivity index (χ4n) is 4.12. The number of thioether (sulfide) groups is 1. The molecule has 1 N–H and O–H groups in total. The Kier molecular flexibility index (Phi) is 8.02. The molecule has 0 aliphatic carbocycles. The van der Waals surface area contributed by atoms with Gasteiger partial charge in [-0.1, -0.05) is 0 Å². The standard InChI is InChI=1S/C28H27N3O6S/c1-5-37-23-12-8-21(9-13-23)29-25(32)16-30-26(33)24(38-28(30)35)15-20-14-17(2)31(18(20)3)22-10-6-19(7-11-22)27(34)36-4/h6-15H,5,16H2,1-4H3,(H,29,32)/b24-15+. The van der Waals surface area contributed by atoms with Crippen molar-refractivity contribution in [3.8, 4) is 11.4 Å². The molecule has 38 heavy (non-hydrogen) atoms. The maximum absolute atomic E-state index is 13.0. The minimum Gasteiger partial charge on any atom is -0.494 e. The van der Waals surface area contributed by atoms with Gasteiger partial charge in [0.1, 0.15) is 12.3 Å². The van der Waals surface area contributed by atoms with Crippen molar-refractivity contribution in [2.45, 2.75) is 20.8 Å². The summed E-state index contributed by atoms with van der Waals surface area (Å²) in [6.07, 6.45) is 1.66. The topological polar surface area (TPSA) is 107 Å². The molecule has 0 atom stereocenters. The second-order valence-electron chi connectivity index (χ2n) is 8.47. The maximum Gasteiger partial charge on any atom is 0.337 e. The fourth-order valence-corrected chi connectivity index (χ4v) is 4.95. The van der Waals surface area contributed by atoms with E-state index < -0.39 is 23.0 Å². The highest BCUT2D eigenvalue weighted by molar-refractivity contribution is 8.18. The van der Waals surface area contributed by atoms with E-state index in [1.165, 1.54) is 7.11 Å². The normalized spacial score (nSPS) is 14.2. The molecule has 1 aliphatic heterocycles. The molecule has 0 radical (unpaired) electrons. The van der Waals surface area contributed by atoms with Crippen LogP contribution in [0.25, 0.3) is 11.8 Å². The summed E-state index contributed by atoms with van der Waals surface area (Å²) in [6.45, 7) is 5.86. The third-order valence-electron chi connectivity index (χ3n) is 5.93. The van der Waals surface area contributed by atoms with Crippen LogP contribution in [0, 0.1) is 13.8 Å². The first kappa shape index (κ1) is 26.7. The Morgan fingerprint density at radius 1 is 1.03 bits per heavy atom. The molecule has 3 aromatic rings. The Hall–Kier alpha value is -4.31. The lowest BCUT2D eigenvalue weighted by atomic mass is 10.2. The summed E-state index contributed by atoms with van der Waals surface area (Å²) in [4.78, 5) is 51.0. The van der Waals surface area contributed by atoms with E-state index in [-0.39, 0.29) is 11.4 Å². The van der Waals surface area contributed by atoms with Crippen molar-refractivity contribution in [1.29, 1.82) is 0 Å². The van der Waals surface area contributed by atoms with Gasteiger partial charge in [0.2, 0.25) is 5.91 Å². The molecule has 0 spiro atoms. The zero-order chi connectivity index (χ0) is 27.4. The van der Waals surface area contributed by atoms with Gasteiger partial charge in [-0.05, 0) is 98.8 Å². The molecule has 2 aromatic carbocycles. The number of hydrogen-bond donors (Lipinski definition) is 1. The van der Waals surface area contributed by atoms with E-state index in [9.17, 15) is 19.2 Å². The third kappa shape index (κ3) is 5.65. The molecule has 0 bridgehead atoms. The average Bonchev–Trinajstić information content (AvgIpc) is 3.33. The van der Waals surface area contributed by atoms with E-state index in [0.717, 1.165) is 39.3 Å². The maximum atomic E-state index is 13.0. The summed E-state index contributed by atoms with van der Waals surface area (Å²) in [5, 5.41) is 2.19. The highest BCUT2D eigenvalue weighted by Gasteiger charge is 2.36. The number of nitrogens with zero attached hydrogens (tertiary/aromatic N) is 2. The number of aromatic nitrogens is 1. The number of amides is 3. The van der Waals surface area contributed by atoms with Crippen molar-refractivity contribution in [2.24, 2.45) is 0 Å². The zero-order valence-corrected chi connectivity index (χ0v) is 22.3. The van der Waals surface area contributed by atoms with Gasteiger partial charge in [-0.15, -0.1) is 0 Å². The quantitative estimate of drug-likeness (QED) is 0.322. The van der Waals surface area contributed by atoms with Crippen LogP contribution < -0.4 is 10.1 Å². The van der Waals surface area contributed by atoms with Crippen LogP contribution in [0.4, 0.5) is 10.5 Å². The number of anilines is 1. The smallest absolute Gasteiger partial charge is 0.337 e. The summed E-state index contributed by atoms with van der Waals surface area (Å²) in [6, 6.07) is 15.7. The van der Waals surface area contributed by atoms with E-state index in [1.54, 1.807) is 42.5 Å². The Morgan fingerprint density at radius 3 is 2.34 bits per heavy atom. The van der Waals surface area contributed by atoms with Crippen LogP contribution >= 0.6 is 11.8 Å². The highest BCUT2D eigenvalue weighted by atomic mass is 32.2. The lowest BCUT2D eigenvalue weighted by molar-refractivity contribution is -0.127. The Morgan fingerprint density at radius 2 is 1.71 bits per heavy atom. The molecule has 3 amide bonds. The van der Waals surface area contributed by atoms with Crippen LogP contribution in [0.1, 0.15) is 34.2 Å². The summed E-state index contributed by atoms with van der Waals surface area (Å²) < 4.78 is 12.1. The molecule has 9 nitrogen and oxygen atoms in total. The van der Waals surface area contributed by atoms with Gasteiger partial charge >= 0.3 is 5.97 Å². The molecule has 196 valence electrons. The monoisotopic (exact) mass is 533 g/mol. The molecule has 4 rings (SSSR count). The first-order chi connectivity index (χ1) is 18.2. The fraction of sp³-hybridized carbons (Fsp3) is 0.214. The van der Waals surface area contributed by atoms with E-state index in [1.807, 2.05) is 43.5 Å². The molecule has 0 saturated carbocycles. The van der Waals surface area contributed by atoms with E-state index in [0.29, 0.717) is 23.6 Å². The van der Waals surface area contributed by atoms with E-state index in [4.69, 9.17) is 9.47 Å². The molecule has 1 aliphatic rings. The number of carbonyl (C=O) groups is 4. The van der Waals surface area contributed by atoms with Crippen LogP contribution in [0.15, 0.2) is 59.5 Å². The van der Waals surface area contributed by atoms with Gasteiger partial charge in [0.25, 0.3) is 11.1 Å². The van der Waals surface area contributed by atoms with Crippen LogP contribution in [0.3, 0.4) is 0 Å². The molecule has 1 aromatic heterocycles. The highest BCUT2D eigenvalue weighted by Crippen LogP contribution is 2.34. The van der Waals surface area contributed by atoms with Crippen LogP contribution in [-0.4, -0.2) is 52.8 Å². The van der Waals surface area contributed by atoms with Crippen molar-refractivity contribution < 1.29 is 28.7 Å². The number of imide groups is 1. The van der Waals surface area contributed by atoms with E-state index in [2.05, 4.69) is 5.32 Å². The summed E-state index contributed by atoms with van der Waals surface area (Å²) in [5.41, 5.74) is 4.35. The number of nitrogens with one attached hydrogen (secondary N) is 1. The molecule has 2 heterocycles. The molecule has 1 saturated heterocycles. The van der Waals surface area contributed by atoms with Gasteiger partial charge in [0, 0.05) is 22.8 Å². The molecule has 0 unspecified atom stereocenters. The SMILES string of the molecule is CCOc1ccc(NC(=O)CN2C(=O)S/C(=C/c3cc(C)n(-c4ccc(C(=O)OC)cc4)c3C)C2=O)cc1. The van der Waals surface area contributed by atoms with Crippen molar-refractivity contribution in [3.63, 3.8) is 0 Å². The first-order valence-corrected chi connectivity index (χ1v) is 12.7. The van der Waals surface area contributed by atoms with Gasteiger partial charge < -0.3 is 19.4 Å². The molecular formula is C28H27N3O6S. The average molecular weight is 534 g/mol. The van der Waals surface area contributed by atoms with E-state index >= 15 is 0 Å². The number of ether oxygens (including phenoxy) is 2. The summed E-state index contributed by atoms with van der Waals surface area (Å²) >= 11 is 0.801. The van der Waals surface area contributed by atoms with Crippen LogP contribution in [0.2, 0.25) is 0 Å². The Balaban J connectivity index is 1.48. The molecular weight excluding hydrogens is 506 g/mol. The number of aryl methyl sites for hydroxylation is 1. The van der Waals surface area contributed by atoms with Crippen molar-refractivity contribution >= 4 is 46.5 Å². The summed E-state index contributed by atoms with van der Waals surface area (Å²) in [5.74, 6) is -0.735. The lowest BCUT2D eigenvalue weighted by Gasteiger charge is -2.12. The number of esters is 1. The van der Waals surface area contributed by atoms with Gasteiger partial charge in [-0.3, -0.25) is 19.3 Å². The van der Waals surface area contributed by atoms with Crippen LogP contribution in [-0.2, 0) is 14.3 Å². The first-order valence-electron chi connectivity index (χ1n) is 11.9. The van der Waals surface area contributed by atoms with Crippen molar-refractivity contribution in [3.05, 3.63) is 82.0 Å². The molecule has 1 fully saturated rings. The molecule has 10 heteroatoms. The predicted octanol–water partition coefficient (Wildman–Crippen LogP) is 4.95. The van der Waals surface area contributed by atoms with Crippen LogP contribution in [0.5, 0.6) is 5.75 Å². The van der Waals surface area contributed by atoms with Gasteiger partial charge in [0.15, 0.2) is 0 Å². The van der Waals surface area contributed by atoms with Crippen molar-refractivity contribution in [1.82, 2.24) is 9.47 Å². The number of hydrogen-bond acceptors (Lipinski definition) is 7. The minimum absolute atomic E-state index is 0.241. The van der Waals surface area contributed by atoms with Gasteiger partial charge in [-0.25, -0.2) is 4.79 Å². The van der Waals surface area contributed by atoms with Crippen molar-refractivity contribution in [2.75, 3.05) is 25.6 Å². The Labute approximate surface area is 224 Å². The zero-order valence-electron chi connectivity index (χ0n) is 21.4. The van der Waals surface area contributed by atoms with Gasteiger partial charge in [-0.2, -0.15) is 0 Å². The minimum atomic E-state index is -0.519. The number of rotatable bonds is 8. The Bertz CT molecular complexity index is 1420. The second-order valence-corrected chi connectivity index (χ2v) is 9.47. The summed E-state index contributed by atoms with van der Waals surface area (Å²) in [7, 11) is 1.33. The number of benzene rings is 2. The largest absolute Gasteiger partial charge is 0.494 e. The number of methoxy groups -OCH3 is 1. The second kappa shape index (κ2) is 11.4. The third-order valence-corrected chi connectivity index (χ3v) is 6.84.